The molecular weight excluding hydrogens is 152 g/mol. The van der Waals surface area contributed by atoms with Crippen LogP contribution in [0.5, 0.6) is 0 Å². The predicted molar refractivity (Wildman–Crippen MR) is 49.3 cm³/mol. The monoisotopic (exact) mass is 168 g/mol. The molecule has 1 atom stereocenters. The Morgan fingerprint density at radius 3 is 2.75 bits per heavy atom. The van der Waals surface area contributed by atoms with Gasteiger partial charge in [0, 0.05) is 38.9 Å². The van der Waals surface area contributed by atoms with Crippen LogP contribution in [-0.2, 0) is 0 Å². The number of aliphatic imine (C=N–C) groups is 1. The molecule has 0 spiro atoms. The van der Waals surface area contributed by atoms with Gasteiger partial charge in [0.2, 0.25) is 0 Å². The summed E-state index contributed by atoms with van der Waals surface area (Å²) in [5, 5.41) is 6.72. The van der Waals surface area contributed by atoms with E-state index < -0.39 is 0 Å². The van der Waals surface area contributed by atoms with Crippen molar-refractivity contribution in [2.75, 3.05) is 32.7 Å². The second-order valence-corrected chi connectivity index (χ2v) is 3.23. The standard InChI is InChI=1S/C8H16N4/c1-2-10-8(11-3-1)12-6-4-9-5-7-12/h2,8-9,11H,1,3-7H2. The summed E-state index contributed by atoms with van der Waals surface area (Å²) in [6.07, 6.45) is 3.35. The van der Waals surface area contributed by atoms with Gasteiger partial charge in [-0.25, -0.2) is 0 Å². The van der Waals surface area contributed by atoms with Crippen molar-refractivity contribution in [2.24, 2.45) is 4.99 Å². The fourth-order valence-corrected chi connectivity index (χ4v) is 1.65. The van der Waals surface area contributed by atoms with E-state index in [1.807, 2.05) is 6.21 Å². The summed E-state index contributed by atoms with van der Waals surface area (Å²) < 4.78 is 0. The summed E-state index contributed by atoms with van der Waals surface area (Å²) in [6, 6.07) is 0. The van der Waals surface area contributed by atoms with Gasteiger partial charge in [0.25, 0.3) is 0 Å². The van der Waals surface area contributed by atoms with E-state index in [1.165, 1.54) is 0 Å². The van der Waals surface area contributed by atoms with Crippen LogP contribution in [0.25, 0.3) is 0 Å². The van der Waals surface area contributed by atoms with Crippen LogP contribution in [0.4, 0.5) is 0 Å². The van der Waals surface area contributed by atoms with E-state index in [4.69, 9.17) is 0 Å². The van der Waals surface area contributed by atoms with Crippen molar-refractivity contribution >= 4 is 6.21 Å². The first-order valence-electron chi connectivity index (χ1n) is 4.66. The quantitative estimate of drug-likeness (QED) is 0.540. The molecule has 2 rings (SSSR count). The first kappa shape index (κ1) is 8.16. The van der Waals surface area contributed by atoms with Gasteiger partial charge in [0.05, 0.1) is 0 Å². The topological polar surface area (TPSA) is 39.7 Å². The van der Waals surface area contributed by atoms with Gasteiger partial charge < -0.3 is 5.32 Å². The lowest BCUT2D eigenvalue weighted by atomic mass is 10.3. The second-order valence-electron chi connectivity index (χ2n) is 3.23. The SMILES string of the molecule is C1=NC(N2CCNCC2)NCC1. The third-order valence-electron chi connectivity index (χ3n) is 2.34. The van der Waals surface area contributed by atoms with Gasteiger partial charge in [0.15, 0.2) is 6.29 Å². The summed E-state index contributed by atoms with van der Waals surface area (Å²) in [6.45, 7) is 5.46. The third kappa shape index (κ3) is 1.83. The molecular formula is C8H16N4. The lowest BCUT2D eigenvalue weighted by Crippen LogP contribution is -2.54. The first-order valence-corrected chi connectivity index (χ1v) is 4.66. The van der Waals surface area contributed by atoms with Crippen molar-refractivity contribution in [3.05, 3.63) is 0 Å². The Hall–Kier alpha value is -0.450. The molecule has 4 heteroatoms. The van der Waals surface area contributed by atoms with Crippen molar-refractivity contribution in [3.63, 3.8) is 0 Å². The van der Waals surface area contributed by atoms with Crippen LogP contribution in [0.15, 0.2) is 4.99 Å². The smallest absolute Gasteiger partial charge is 0.155 e. The van der Waals surface area contributed by atoms with Crippen molar-refractivity contribution in [2.45, 2.75) is 12.7 Å². The highest BCUT2D eigenvalue weighted by Gasteiger charge is 2.19. The lowest BCUT2D eigenvalue weighted by molar-refractivity contribution is 0.149. The van der Waals surface area contributed by atoms with E-state index in [1.54, 1.807) is 0 Å². The maximum atomic E-state index is 4.42. The molecule has 2 aliphatic heterocycles. The molecule has 0 aromatic heterocycles. The Balaban J connectivity index is 1.88. The Morgan fingerprint density at radius 2 is 2.08 bits per heavy atom. The number of hydrogen-bond donors (Lipinski definition) is 2. The Morgan fingerprint density at radius 1 is 1.25 bits per heavy atom. The molecule has 0 bridgehead atoms. The Bertz CT molecular complexity index is 162. The molecule has 0 aromatic carbocycles. The Kier molecular flexibility index (Phi) is 2.71. The number of rotatable bonds is 1. The number of nitrogens with zero attached hydrogens (tertiary/aromatic N) is 2. The number of nitrogens with one attached hydrogen (secondary N) is 2. The van der Waals surface area contributed by atoms with E-state index in [9.17, 15) is 0 Å². The normalized spacial score (nSPS) is 32.2. The van der Waals surface area contributed by atoms with Crippen molar-refractivity contribution in [1.29, 1.82) is 0 Å². The molecule has 4 nitrogen and oxygen atoms in total. The maximum absolute atomic E-state index is 4.42. The van der Waals surface area contributed by atoms with Crippen molar-refractivity contribution < 1.29 is 0 Å². The van der Waals surface area contributed by atoms with Crippen molar-refractivity contribution in [3.8, 4) is 0 Å². The van der Waals surface area contributed by atoms with E-state index in [-0.39, 0.29) is 6.29 Å². The number of piperazine rings is 1. The van der Waals surface area contributed by atoms with E-state index in [2.05, 4.69) is 20.5 Å². The zero-order chi connectivity index (χ0) is 8.23. The summed E-state index contributed by atoms with van der Waals surface area (Å²) in [5.41, 5.74) is 0. The average molecular weight is 168 g/mol. The minimum absolute atomic E-state index is 0.251. The van der Waals surface area contributed by atoms with Crippen LogP contribution >= 0.6 is 0 Å². The van der Waals surface area contributed by atoms with Gasteiger partial charge in [-0.05, 0) is 6.42 Å². The maximum Gasteiger partial charge on any atom is 0.155 e. The molecule has 2 heterocycles. The van der Waals surface area contributed by atoms with Gasteiger partial charge >= 0.3 is 0 Å². The van der Waals surface area contributed by atoms with Gasteiger partial charge in [-0.2, -0.15) is 0 Å². The minimum Gasteiger partial charge on any atom is -0.314 e. The molecule has 12 heavy (non-hydrogen) atoms. The molecule has 1 unspecified atom stereocenters. The van der Waals surface area contributed by atoms with E-state index >= 15 is 0 Å². The molecule has 2 aliphatic rings. The predicted octanol–water partition coefficient (Wildman–Crippen LogP) is -0.761. The number of hydrogen-bond acceptors (Lipinski definition) is 4. The van der Waals surface area contributed by atoms with Crippen molar-refractivity contribution in [1.82, 2.24) is 15.5 Å². The van der Waals surface area contributed by atoms with Crippen LogP contribution in [0, 0.1) is 0 Å². The summed E-state index contributed by atoms with van der Waals surface area (Å²) in [7, 11) is 0. The van der Waals surface area contributed by atoms with Crippen LogP contribution < -0.4 is 10.6 Å². The fraction of sp³-hybridized carbons (Fsp3) is 0.875. The summed E-state index contributed by atoms with van der Waals surface area (Å²) >= 11 is 0. The van der Waals surface area contributed by atoms with Gasteiger partial charge in [-0.1, -0.05) is 0 Å². The molecule has 2 N–H and O–H groups in total. The largest absolute Gasteiger partial charge is 0.314 e. The minimum atomic E-state index is 0.251. The van der Waals surface area contributed by atoms with Crippen LogP contribution in [0.3, 0.4) is 0 Å². The average Bonchev–Trinajstić information content (AvgIpc) is 2.21. The molecule has 0 radical (unpaired) electrons. The van der Waals surface area contributed by atoms with E-state index in [0.717, 1.165) is 39.1 Å². The van der Waals surface area contributed by atoms with Gasteiger partial charge in [-0.15, -0.1) is 0 Å². The lowest BCUT2D eigenvalue weighted by Gasteiger charge is -2.34. The van der Waals surface area contributed by atoms with Gasteiger partial charge in [0.1, 0.15) is 0 Å². The Labute approximate surface area is 73.0 Å². The molecule has 0 aliphatic carbocycles. The van der Waals surface area contributed by atoms with Crippen LogP contribution in [-0.4, -0.2) is 50.1 Å². The summed E-state index contributed by atoms with van der Waals surface area (Å²) in [4.78, 5) is 6.80. The zero-order valence-electron chi connectivity index (χ0n) is 7.29. The molecule has 0 saturated carbocycles. The van der Waals surface area contributed by atoms with Crippen LogP contribution in [0.1, 0.15) is 6.42 Å². The fourth-order valence-electron chi connectivity index (χ4n) is 1.65. The third-order valence-corrected chi connectivity index (χ3v) is 2.34. The highest BCUT2D eigenvalue weighted by atomic mass is 15.4. The highest BCUT2D eigenvalue weighted by Crippen LogP contribution is 2.02. The zero-order valence-corrected chi connectivity index (χ0v) is 7.29. The highest BCUT2D eigenvalue weighted by molar-refractivity contribution is 5.58. The molecule has 0 amide bonds. The molecule has 1 fully saturated rings. The second kappa shape index (κ2) is 3.98. The molecule has 1 saturated heterocycles. The summed E-state index contributed by atoms with van der Waals surface area (Å²) in [5.74, 6) is 0. The molecule has 0 aromatic rings. The van der Waals surface area contributed by atoms with Gasteiger partial charge in [-0.3, -0.25) is 15.2 Å². The van der Waals surface area contributed by atoms with E-state index in [0.29, 0.717) is 0 Å². The molecule has 68 valence electrons. The van der Waals surface area contributed by atoms with Crippen LogP contribution in [0.2, 0.25) is 0 Å². The first-order chi connectivity index (χ1) is 5.97.